The standard InChI is InChI=1S/C5H4F3NO3/c1-12-4(11)3(9-2-10)5(6,7)8/h3H,1H3. The molecule has 68 valence electrons. The number of methoxy groups -OCH3 is 1. The van der Waals surface area contributed by atoms with Gasteiger partial charge in [0, 0.05) is 0 Å². The Balaban J connectivity index is 4.67. The van der Waals surface area contributed by atoms with Gasteiger partial charge in [0.1, 0.15) is 0 Å². The van der Waals surface area contributed by atoms with Gasteiger partial charge in [-0.05, 0) is 0 Å². The molecule has 0 bridgehead atoms. The molecule has 0 radical (unpaired) electrons. The molecular formula is C5H4F3NO3. The first-order chi connectivity index (χ1) is 5.43. The van der Waals surface area contributed by atoms with E-state index in [1.807, 2.05) is 0 Å². The van der Waals surface area contributed by atoms with Crippen LogP contribution in [0.5, 0.6) is 0 Å². The van der Waals surface area contributed by atoms with E-state index in [0.29, 0.717) is 6.08 Å². The number of rotatable bonds is 2. The van der Waals surface area contributed by atoms with Crippen LogP contribution in [-0.2, 0) is 14.3 Å². The molecule has 0 amide bonds. The van der Waals surface area contributed by atoms with Crippen LogP contribution >= 0.6 is 0 Å². The number of carbonyl (C=O) groups excluding carboxylic acids is 2. The maximum Gasteiger partial charge on any atom is 0.422 e. The van der Waals surface area contributed by atoms with Crippen LogP contribution in [0, 0.1) is 0 Å². The van der Waals surface area contributed by atoms with Gasteiger partial charge in [-0.15, -0.1) is 0 Å². The number of ether oxygens (including phenoxy) is 1. The molecule has 7 heteroatoms. The molecule has 0 aromatic carbocycles. The number of carbonyl (C=O) groups is 1. The average molecular weight is 183 g/mol. The third kappa shape index (κ3) is 2.71. The van der Waals surface area contributed by atoms with E-state index in [0.717, 1.165) is 7.11 Å². The molecule has 0 rings (SSSR count). The summed E-state index contributed by atoms with van der Waals surface area (Å²) in [6.45, 7) is 0. The van der Waals surface area contributed by atoms with Crippen LogP contribution < -0.4 is 0 Å². The van der Waals surface area contributed by atoms with Gasteiger partial charge in [-0.2, -0.15) is 18.2 Å². The molecule has 1 unspecified atom stereocenters. The van der Waals surface area contributed by atoms with Crippen molar-refractivity contribution in [3.05, 3.63) is 0 Å². The number of hydrogen-bond donors (Lipinski definition) is 0. The fourth-order valence-corrected chi connectivity index (χ4v) is 0.424. The van der Waals surface area contributed by atoms with Gasteiger partial charge >= 0.3 is 12.1 Å². The summed E-state index contributed by atoms with van der Waals surface area (Å²) in [7, 11) is 0.765. The van der Waals surface area contributed by atoms with E-state index in [9.17, 15) is 22.8 Å². The topological polar surface area (TPSA) is 55.7 Å². The van der Waals surface area contributed by atoms with E-state index < -0.39 is 18.2 Å². The maximum absolute atomic E-state index is 11.8. The van der Waals surface area contributed by atoms with Crippen molar-refractivity contribution in [1.29, 1.82) is 0 Å². The molecule has 4 nitrogen and oxygen atoms in total. The predicted molar refractivity (Wildman–Crippen MR) is 30.0 cm³/mol. The summed E-state index contributed by atoms with van der Waals surface area (Å²) in [5, 5.41) is 0. The smallest absolute Gasteiger partial charge is 0.422 e. The van der Waals surface area contributed by atoms with Gasteiger partial charge in [-0.25, -0.2) is 9.59 Å². The minimum atomic E-state index is -4.91. The number of hydrogen-bond acceptors (Lipinski definition) is 4. The highest BCUT2D eigenvalue weighted by Crippen LogP contribution is 2.23. The van der Waals surface area contributed by atoms with Gasteiger partial charge < -0.3 is 4.74 Å². The summed E-state index contributed by atoms with van der Waals surface area (Å²) in [4.78, 5) is 22.1. The normalized spacial score (nSPS) is 13.0. The number of halogens is 3. The van der Waals surface area contributed by atoms with Crippen LogP contribution in [0.3, 0.4) is 0 Å². The summed E-state index contributed by atoms with van der Waals surface area (Å²) in [5.74, 6) is -1.63. The van der Waals surface area contributed by atoms with Gasteiger partial charge in [0.15, 0.2) is 0 Å². The molecule has 1 atom stereocenters. The minimum absolute atomic E-state index is 0.644. The van der Waals surface area contributed by atoms with Crippen molar-refractivity contribution in [2.24, 2.45) is 4.99 Å². The SMILES string of the molecule is COC(=O)C(N=C=O)C(F)(F)F. The lowest BCUT2D eigenvalue weighted by Crippen LogP contribution is -2.35. The van der Waals surface area contributed by atoms with Crippen molar-refractivity contribution in [3.63, 3.8) is 0 Å². The number of esters is 1. The van der Waals surface area contributed by atoms with Gasteiger partial charge in [0.2, 0.25) is 6.08 Å². The predicted octanol–water partition coefficient (Wildman–Crippen LogP) is 0.426. The van der Waals surface area contributed by atoms with Gasteiger partial charge in [-0.3, -0.25) is 0 Å². The zero-order chi connectivity index (χ0) is 9.78. The number of isocyanates is 1. The Bertz CT molecular complexity index is 218. The summed E-state index contributed by atoms with van der Waals surface area (Å²) in [6.07, 6.45) is -4.27. The molecule has 0 heterocycles. The van der Waals surface area contributed by atoms with Crippen molar-refractivity contribution in [2.45, 2.75) is 12.2 Å². The third-order valence-electron chi connectivity index (χ3n) is 0.916. The second-order valence-corrected chi connectivity index (χ2v) is 1.69. The van der Waals surface area contributed by atoms with Crippen LogP contribution in [0.25, 0.3) is 0 Å². The fraction of sp³-hybridized carbons (Fsp3) is 0.600. The molecule has 12 heavy (non-hydrogen) atoms. The van der Waals surface area contributed by atoms with E-state index in [-0.39, 0.29) is 0 Å². The molecule has 0 aromatic rings. The lowest BCUT2D eigenvalue weighted by Gasteiger charge is -2.11. The third-order valence-corrected chi connectivity index (χ3v) is 0.916. The molecule has 0 N–H and O–H groups in total. The van der Waals surface area contributed by atoms with Crippen molar-refractivity contribution >= 4 is 12.0 Å². The van der Waals surface area contributed by atoms with E-state index in [2.05, 4.69) is 9.73 Å². The summed E-state index contributed by atoms with van der Waals surface area (Å²) < 4.78 is 39.1. The zero-order valence-electron chi connectivity index (χ0n) is 5.88. The summed E-state index contributed by atoms with van der Waals surface area (Å²) in [6, 6.07) is -2.76. The first-order valence-electron chi connectivity index (χ1n) is 2.65. The lowest BCUT2D eigenvalue weighted by molar-refractivity contribution is -0.176. The molecule has 0 saturated heterocycles. The van der Waals surface area contributed by atoms with Crippen molar-refractivity contribution in [1.82, 2.24) is 0 Å². The Hall–Kier alpha value is -1.36. The van der Waals surface area contributed by atoms with E-state index >= 15 is 0 Å². The highest BCUT2D eigenvalue weighted by molar-refractivity contribution is 5.77. The maximum atomic E-state index is 11.8. The van der Waals surface area contributed by atoms with Crippen molar-refractivity contribution in [2.75, 3.05) is 7.11 Å². The van der Waals surface area contributed by atoms with Crippen molar-refractivity contribution < 1.29 is 27.5 Å². The molecule has 0 aliphatic carbocycles. The van der Waals surface area contributed by atoms with Crippen LogP contribution in [-0.4, -0.2) is 31.4 Å². The molecule has 0 saturated carbocycles. The molecular weight excluding hydrogens is 179 g/mol. The van der Waals surface area contributed by atoms with Gasteiger partial charge in [0.25, 0.3) is 6.04 Å². The molecule has 0 aliphatic rings. The Morgan fingerprint density at radius 2 is 2.08 bits per heavy atom. The molecule has 0 aromatic heterocycles. The van der Waals surface area contributed by atoms with Crippen LogP contribution in [0.15, 0.2) is 4.99 Å². The lowest BCUT2D eigenvalue weighted by atomic mass is 10.3. The second kappa shape index (κ2) is 3.87. The first-order valence-corrected chi connectivity index (χ1v) is 2.65. The Kier molecular flexibility index (Phi) is 3.43. The average Bonchev–Trinajstić information content (AvgIpc) is 1.96. The Labute approximate surface area is 65.0 Å². The van der Waals surface area contributed by atoms with Crippen LogP contribution in [0.1, 0.15) is 0 Å². The highest BCUT2D eigenvalue weighted by Gasteiger charge is 2.46. The monoisotopic (exact) mass is 183 g/mol. The number of alkyl halides is 3. The molecule has 0 spiro atoms. The fourth-order valence-electron chi connectivity index (χ4n) is 0.424. The quantitative estimate of drug-likeness (QED) is 0.354. The highest BCUT2D eigenvalue weighted by atomic mass is 19.4. The summed E-state index contributed by atoms with van der Waals surface area (Å²) >= 11 is 0. The minimum Gasteiger partial charge on any atom is -0.467 e. The molecule has 0 aliphatic heterocycles. The molecule has 0 fully saturated rings. The van der Waals surface area contributed by atoms with Gasteiger partial charge in [0.05, 0.1) is 7.11 Å². The first kappa shape index (κ1) is 10.6. The van der Waals surface area contributed by atoms with E-state index in [1.165, 1.54) is 0 Å². The van der Waals surface area contributed by atoms with Crippen LogP contribution in [0.2, 0.25) is 0 Å². The Morgan fingerprint density at radius 3 is 2.33 bits per heavy atom. The number of nitrogens with zero attached hydrogens (tertiary/aromatic N) is 1. The van der Waals surface area contributed by atoms with E-state index in [1.54, 1.807) is 0 Å². The summed E-state index contributed by atoms with van der Waals surface area (Å²) in [5.41, 5.74) is 0. The zero-order valence-corrected chi connectivity index (χ0v) is 5.88. The van der Waals surface area contributed by atoms with Crippen LogP contribution in [0.4, 0.5) is 13.2 Å². The largest absolute Gasteiger partial charge is 0.467 e. The Morgan fingerprint density at radius 1 is 1.58 bits per heavy atom. The van der Waals surface area contributed by atoms with Gasteiger partial charge in [-0.1, -0.05) is 0 Å². The van der Waals surface area contributed by atoms with Crippen molar-refractivity contribution in [3.8, 4) is 0 Å². The second-order valence-electron chi connectivity index (χ2n) is 1.69. The number of aliphatic imine (C=N–C) groups is 1. The van der Waals surface area contributed by atoms with E-state index in [4.69, 9.17) is 0 Å².